The quantitative estimate of drug-likeness (QED) is 0.780. The van der Waals surface area contributed by atoms with Crippen LogP contribution < -0.4 is 5.32 Å². The lowest BCUT2D eigenvalue weighted by molar-refractivity contribution is -0.116. The molecule has 0 saturated heterocycles. The van der Waals surface area contributed by atoms with Gasteiger partial charge in [0.05, 0.1) is 6.54 Å². The van der Waals surface area contributed by atoms with E-state index in [0.29, 0.717) is 31.9 Å². The molecule has 0 atom stereocenters. The molecule has 6 heteroatoms. The minimum absolute atomic E-state index is 0.0977. The molecule has 6 nitrogen and oxygen atoms in total. The van der Waals surface area contributed by atoms with E-state index < -0.39 is 0 Å². The molecule has 1 aromatic carbocycles. The average Bonchev–Trinajstić information content (AvgIpc) is 2.87. The van der Waals surface area contributed by atoms with Gasteiger partial charge in [0.15, 0.2) is 0 Å². The van der Waals surface area contributed by atoms with E-state index in [9.17, 15) is 4.79 Å². The van der Waals surface area contributed by atoms with Gasteiger partial charge in [0.1, 0.15) is 6.33 Å². The molecular formula is C14H18N4O2. The van der Waals surface area contributed by atoms with Gasteiger partial charge in [-0.05, 0) is 12.0 Å². The summed E-state index contributed by atoms with van der Waals surface area (Å²) in [7, 11) is 1.62. The first-order chi connectivity index (χ1) is 9.78. The molecule has 0 radical (unpaired) electrons. The van der Waals surface area contributed by atoms with E-state index in [1.807, 2.05) is 30.3 Å². The molecule has 0 bridgehead atoms. The number of rotatable bonds is 7. The second-order valence-electron chi connectivity index (χ2n) is 4.40. The number of amides is 1. The van der Waals surface area contributed by atoms with Crippen molar-refractivity contribution in [3.63, 3.8) is 0 Å². The van der Waals surface area contributed by atoms with Crippen LogP contribution in [0, 0.1) is 0 Å². The molecule has 0 saturated carbocycles. The normalized spacial score (nSPS) is 10.4. The topological polar surface area (TPSA) is 69.0 Å². The predicted molar refractivity (Wildman–Crippen MR) is 75.3 cm³/mol. The van der Waals surface area contributed by atoms with Crippen molar-refractivity contribution < 1.29 is 9.53 Å². The number of hydrogen-bond donors (Lipinski definition) is 1. The smallest absolute Gasteiger partial charge is 0.248 e. The third-order valence-electron chi connectivity index (χ3n) is 2.73. The van der Waals surface area contributed by atoms with Gasteiger partial charge in [-0.2, -0.15) is 0 Å². The molecule has 2 rings (SSSR count). The number of nitrogens with one attached hydrogen (secondary N) is 1. The van der Waals surface area contributed by atoms with Gasteiger partial charge in [-0.25, -0.2) is 9.67 Å². The van der Waals surface area contributed by atoms with Crippen LogP contribution in [-0.2, 0) is 16.1 Å². The maximum Gasteiger partial charge on any atom is 0.248 e. The lowest BCUT2D eigenvalue weighted by Crippen LogP contribution is -2.13. The van der Waals surface area contributed by atoms with Crippen LogP contribution in [0.4, 0.5) is 5.95 Å². The van der Waals surface area contributed by atoms with Crippen LogP contribution >= 0.6 is 0 Å². The molecule has 20 heavy (non-hydrogen) atoms. The molecule has 0 aliphatic heterocycles. The molecule has 1 heterocycles. The van der Waals surface area contributed by atoms with Crippen LogP contribution in [-0.4, -0.2) is 34.4 Å². The van der Waals surface area contributed by atoms with Gasteiger partial charge in [-0.1, -0.05) is 30.3 Å². The van der Waals surface area contributed by atoms with Crippen molar-refractivity contribution in [3.05, 3.63) is 42.2 Å². The molecule has 2 aromatic rings. The van der Waals surface area contributed by atoms with E-state index >= 15 is 0 Å². The van der Waals surface area contributed by atoms with Gasteiger partial charge >= 0.3 is 0 Å². The third-order valence-corrected chi connectivity index (χ3v) is 2.73. The zero-order valence-electron chi connectivity index (χ0n) is 11.5. The van der Waals surface area contributed by atoms with Crippen molar-refractivity contribution in [2.75, 3.05) is 19.0 Å². The van der Waals surface area contributed by atoms with E-state index in [0.717, 1.165) is 5.56 Å². The highest BCUT2D eigenvalue weighted by Gasteiger charge is 2.06. The molecular weight excluding hydrogens is 256 g/mol. The highest BCUT2D eigenvalue weighted by molar-refractivity contribution is 5.88. The monoisotopic (exact) mass is 274 g/mol. The molecule has 0 aliphatic carbocycles. The van der Waals surface area contributed by atoms with Crippen molar-refractivity contribution >= 4 is 11.9 Å². The first-order valence-corrected chi connectivity index (χ1v) is 6.50. The summed E-state index contributed by atoms with van der Waals surface area (Å²) in [5.41, 5.74) is 1.13. The third kappa shape index (κ3) is 4.47. The van der Waals surface area contributed by atoms with Crippen LogP contribution in [0.2, 0.25) is 0 Å². The largest absolute Gasteiger partial charge is 0.385 e. The SMILES string of the molecule is COCCCC(=O)Nc1ncn(Cc2ccccc2)n1. The molecule has 1 N–H and O–H groups in total. The Kier molecular flexibility index (Phi) is 5.25. The number of methoxy groups -OCH3 is 1. The molecule has 0 aliphatic rings. The van der Waals surface area contributed by atoms with Gasteiger partial charge in [-0.3, -0.25) is 10.1 Å². The fourth-order valence-electron chi connectivity index (χ4n) is 1.76. The molecule has 0 unspecified atom stereocenters. The molecule has 1 aromatic heterocycles. The second-order valence-corrected chi connectivity index (χ2v) is 4.40. The summed E-state index contributed by atoms with van der Waals surface area (Å²) in [6, 6.07) is 9.96. The van der Waals surface area contributed by atoms with Gasteiger partial charge < -0.3 is 4.74 Å². The van der Waals surface area contributed by atoms with Crippen molar-refractivity contribution in [2.24, 2.45) is 0 Å². The first kappa shape index (κ1) is 14.2. The summed E-state index contributed by atoms with van der Waals surface area (Å²) in [5, 5.41) is 6.89. The Morgan fingerprint density at radius 1 is 1.35 bits per heavy atom. The van der Waals surface area contributed by atoms with E-state index in [-0.39, 0.29) is 5.91 Å². The summed E-state index contributed by atoms with van der Waals surface area (Å²) in [6.07, 6.45) is 2.70. The van der Waals surface area contributed by atoms with Gasteiger partial charge in [0.25, 0.3) is 0 Å². The summed E-state index contributed by atoms with van der Waals surface area (Å²) in [4.78, 5) is 15.7. The van der Waals surface area contributed by atoms with Gasteiger partial charge in [0.2, 0.25) is 11.9 Å². The highest BCUT2D eigenvalue weighted by atomic mass is 16.5. The lowest BCUT2D eigenvalue weighted by Gasteiger charge is -2.01. The van der Waals surface area contributed by atoms with Crippen LogP contribution in [0.1, 0.15) is 18.4 Å². The highest BCUT2D eigenvalue weighted by Crippen LogP contribution is 2.04. The number of carbonyl (C=O) groups excluding carboxylic acids is 1. The number of anilines is 1. The fraction of sp³-hybridized carbons (Fsp3) is 0.357. The fourth-order valence-corrected chi connectivity index (χ4v) is 1.76. The van der Waals surface area contributed by atoms with Crippen LogP contribution in [0.3, 0.4) is 0 Å². The predicted octanol–water partition coefficient (Wildman–Crippen LogP) is 1.69. The summed E-state index contributed by atoms with van der Waals surface area (Å²) in [6.45, 7) is 1.21. The number of carbonyl (C=O) groups is 1. The molecule has 1 amide bonds. The Hall–Kier alpha value is -2.21. The molecule has 106 valence electrons. The van der Waals surface area contributed by atoms with Crippen LogP contribution in [0.5, 0.6) is 0 Å². The second kappa shape index (κ2) is 7.40. The van der Waals surface area contributed by atoms with Gasteiger partial charge in [0, 0.05) is 20.1 Å². The Morgan fingerprint density at radius 2 is 2.15 bits per heavy atom. The van der Waals surface area contributed by atoms with Gasteiger partial charge in [-0.15, -0.1) is 5.10 Å². The van der Waals surface area contributed by atoms with E-state index in [1.165, 1.54) is 0 Å². The van der Waals surface area contributed by atoms with Crippen molar-refractivity contribution in [3.8, 4) is 0 Å². The maximum absolute atomic E-state index is 11.6. The summed E-state index contributed by atoms with van der Waals surface area (Å²) < 4.78 is 6.59. The minimum Gasteiger partial charge on any atom is -0.385 e. The molecule has 0 spiro atoms. The summed E-state index contributed by atoms with van der Waals surface area (Å²) in [5.74, 6) is 0.239. The minimum atomic E-state index is -0.0977. The number of aromatic nitrogens is 3. The standard InChI is InChI=1S/C14H18N4O2/c1-20-9-5-8-13(19)16-14-15-11-18(17-14)10-12-6-3-2-4-7-12/h2-4,6-7,11H,5,8-10H2,1H3,(H,16,17,19). The zero-order valence-corrected chi connectivity index (χ0v) is 11.5. The van der Waals surface area contributed by atoms with Crippen LogP contribution in [0.25, 0.3) is 0 Å². The van der Waals surface area contributed by atoms with Crippen molar-refractivity contribution in [1.82, 2.24) is 14.8 Å². The first-order valence-electron chi connectivity index (χ1n) is 6.50. The Bertz CT molecular complexity index is 539. The maximum atomic E-state index is 11.6. The number of benzene rings is 1. The van der Waals surface area contributed by atoms with Crippen molar-refractivity contribution in [2.45, 2.75) is 19.4 Å². The molecule has 0 fully saturated rings. The lowest BCUT2D eigenvalue weighted by atomic mass is 10.2. The number of nitrogens with zero attached hydrogens (tertiary/aromatic N) is 3. The van der Waals surface area contributed by atoms with E-state index in [1.54, 1.807) is 18.1 Å². The number of hydrogen-bond acceptors (Lipinski definition) is 4. The zero-order chi connectivity index (χ0) is 14.2. The van der Waals surface area contributed by atoms with E-state index in [2.05, 4.69) is 15.4 Å². The average molecular weight is 274 g/mol. The van der Waals surface area contributed by atoms with Crippen LogP contribution in [0.15, 0.2) is 36.7 Å². The Morgan fingerprint density at radius 3 is 2.90 bits per heavy atom. The Balaban J connectivity index is 1.84. The number of ether oxygens (including phenoxy) is 1. The van der Waals surface area contributed by atoms with E-state index in [4.69, 9.17) is 4.74 Å². The summed E-state index contributed by atoms with van der Waals surface area (Å²) >= 11 is 0. The Labute approximate surface area is 117 Å². The van der Waals surface area contributed by atoms with Crippen molar-refractivity contribution in [1.29, 1.82) is 0 Å².